The first-order valence-corrected chi connectivity index (χ1v) is 10.9. The minimum atomic E-state index is 0.0496. The van der Waals surface area contributed by atoms with Gasteiger partial charge in [0.15, 0.2) is 5.11 Å². The Morgan fingerprint density at radius 1 is 1.19 bits per heavy atom. The summed E-state index contributed by atoms with van der Waals surface area (Å²) in [7, 11) is 0. The summed E-state index contributed by atoms with van der Waals surface area (Å²) >= 11 is 7.33. The zero-order chi connectivity index (χ0) is 18.9. The van der Waals surface area contributed by atoms with E-state index in [1.165, 1.54) is 0 Å². The smallest absolute Gasteiger partial charge is 0.238 e. The summed E-state index contributed by atoms with van der Waals surface area (Å²) in [5.41, 5.74) is 3.13. The maximum absolute atomic E-state index is 12.4. The molecule has 2 N–H and O–H groups in total. The summed E-state index contributed by atoms with van der Waals surface area (Å²) in [6.45, 7) is 8.84. The number of rotatable bonds is 7. The van der Waals surface area contributed by atoms with Crippen molar-refractivity contribution in [2.45, 2.75) is 20.3 Å². The van der Waals surface area contributed by atoms with E-state index < -0.39 is 0 Å². The molecule has 1 aromatic carbocycles. The standard InChI is InChI=1S/C19H30N4OS2/c1-15-6-4-7-16(2)18(15)21-17(24)14-22-9-11-23(12-10-22)19(25)20-8-5-13-26-3/h4,6-7H,5,8-14H2,1-3H3,(H,20,25)(H,21,24). The average Bonchev–Trinajstić information content (AvgIpc) is 2.62. The van der Waals surface area contributed by atoms with Crippen LogP contribution in [0.3, 0.4) is 0 Å². The van der Waals surface area contributed by atoms with Gasteiger partial charge in [-0.1, -0.05) is 18.2 Å². The number of hydrogen-bond acceptors (Lipinski definition) is 4. The van der Waals surface area contributed by atoms with E-state index in [-0.39, 0.29) is 5.91 Å². The number of carbonyl (C=O) groups excluding carboxylic acids is 1. The lowest BCUT2D eigenvalue weighted by Gasteiger charge is -2.35. The van der Waals surface area contributed by atoms with Crippen molar-refractivity contribution in [1.29, 1.82) is 0 Å². The van der Waals surface area contributed by atoms with Crippen LogP contribution < -0.4 is 10.6 Å². The number of thioether (sulfide) groups is 1. The molecule has 1 heterocycles. The van der Waals surface area contributed by atoms with Gasteiger partial charge in [-0.3, -0.25) is 9.69 Å². The van der Waals surface area contributed by atoms with E-state index in [1.54, 1.807) is 0 Å². The van der Waals surface area contributed by atoms with Gasteiger partial charge in [-0.05, 0) is 55.6 Å². The number of nitrogens with one attached hydrogen (secondary N) is 2. The van der Waals surface area contributed by atoms with Crippen LogP contribution in [0.1, 0.15) is 17.5 Å². The van der Waals surface area contributed by atoms with Crippen LogP contribution in [0.5, 0.6) is 0 Å². The van der Waals surface area contributed by atoms with E-state index in [2.05, 4.69) is 26.7 Å². The van der Waals surface area contributed by atoms with Gasteiger partial charge in [0, 0.05) is 38.4 Å². The van der Waals surface area contributed by atoms with E-state index in [0.717, 1.165) is 66.8 Å². The first-order chi connectivity index (χ1) is 12.5. The van der Waals surface area contributed by atoms with Gasteiger partial charge in [0.1, 0.15) is 0 Å². The Morgan fingerprint density at radius 3 is 2.46 bits per heavy atom. The predicted molar refractivity (Wildman–Crippen MR) is 116 cm³/mol. The van der Waals surface area contributed by atoms with Crippen LogP contribution >= 0.6 is 24.0 Å². The summed E-state index contributed by atoms with van der Waals surface area (Å²) in [6.07, 6.45) is 3.24. The number of amides is 1. The average molecular weight is 395 g/mol. The fourth-order valence-corrected chi connectivity index (χ4v) is 3.74. The number of piperazine rings is 1. The zero-order valence-corrected chi connectivity index (χ0v) is 17.6. The summed E-state index contributed by atoms with van der Waals surface area (Å²) in [6, 6.07) is 6.06. The molecule has 2 rings (SSSR count). The summed E-state index contributed by atoms with van der Waals surface area (Å²) in [5.74, 6) is 1.20. The van der Waals surface area contributed by atoms with E-state index in [1.807, 2.05) is 43.8 Å². The largest absolute Gasteiger partial charge is 0.363 e. The van der Waals surface area contributed by atoms with Crippen LogP contribution in [0.2, 0.25) is 0 Å². The third kappa shape index (κ3) is 6.45. The lowest BCUT2D eigenvalue weighted by Crippen LogP contribution is -2.53. The summed E-state index contributed by atoms with van der Waals surface area (Å²) in [5, 5.41) is 7.24. The lowest BCUT2D eigenvalue weighted by molar-refractivity contribution is -0.117. The van der Waals surface area contributed by atoms with Gasteiger partial charge in [-0.15, -0.1) is 0 Å². The van der Waals surface area contributed by atoms with Gasteiger partial charge < -0.3 is 15.5 Å². The SMILES string of the molecule is CSCCCNC(=S)N1CCN(CC(=O)Nc2c(C)cccc2C)CC1. The molecule has 0 unspecified atom stereocenters. The first-order valence-electron chi connectivity index (χ1n) is 9.11. The number of hydrogen-bond donors (Lipinski definition) is 2. The third-order valence-electron chi connectivity index (χ3n) is 4.57. The molecule has 1 aromatic rings. The van der Waals surface area contributed by atoms with Gasteiger partial charge in [-0.25, -0.2) is 0 Å². The Hall–Kier alpha value is -1.31. The second-order valence-corrected chi connectivity index (χ2v) is 8.03. The number of aryl methyl sites for hydroxylation is 2. The summed E-state index contributed by atoms with van der Waals surface area (Å²) in [4.78, 5) is 16.8. The predicted octanol–water partition coefficient (Wildman–Crippen LogP) is 2.49. The molecule has 0 spiro atoms. The molecule has 0 aliphatic carbocycles. The van der Waals surface area contributed by atoms with Gasteiger partial charge in [0.05, 0.1) is 6.54 Å². The molecule has 0 radical (unpaired) electrons. The molecule has 1 aliphatic rings. The molecular formula is C19H30N4OS2. The van der Waals surface area contributed by atoms with Crippen molar-refractivity contribution in [3.8, 4) is 0 Å². The summed E-state index contributed by atoms with van der Waals surface area (Å²) < 4.78 is 0. The monoisotopic (exact) mass is 394 g/mol. The number of para-hydroxylation sites is 1. The highest BCUT2D eigenvalue weighted by Crippen LogP contribution is 2.19. The molecule has 0 aromatic heterocycles. The van der Waals surface area contributed by atoms with Crippen molar-refractivity contribution in [2.75, 3.05) is 56.6 Å². The Labute approximate surface area is 166 Å². The maximum atomic E-state index is 12.4. The van der Waals surface area contributed by atoms with E-state index in [4.69, 9.17) is 12.2 Å². The highest BCUT2D eigenvalue weighted by atomic mass is 32.2. The first kappa shape index (κ1) is 21.0. The molecule has 1 fully saturated rings. The minimum absolute atomic E-state index is 0.0496. The van der Waals surface area contributed by atoms with Crippen molar-refractivity contribution in [3.05, 3.63) is 29.3 Å². The highest BCUT2D eigenvalue weighted by molar-refractivity contribution is 7.98. The Balaban J connectivity index is 1.73. The quantitative estimate of drug-likeness (QED) is 0.547. The van der Waals surface area contributed by atoms with E-state index >= 15 is 0 Å². The highest BCUT2D eigenvalue weighted by Gasteiger charge is 2.20. The van der Waals surface area contributed by atoms with Crippen molar-refractivity contribution in [3.63, 3.8) is 0 Å². The second kappa shape index (κ2) is 10.7. The maximum Gasteiger partial charge on any atom is 0.238 e. The Bertz CT molecular complexity index is 595. The third-order valence-corrected chi connectivity index (χ3v) is 5.67. The van der Waals surface area contributed by atoms with Crippen LogP contribution in [0.25, 0.3) is 0 Å². The Morgan fingerprint density at radius 2 is 1.85 bits per heavy atom. The van der Waals surface area contributed by atoms with Crippen molar-refractivity contribution >= 4 is 40.7 Å². The molecule has 1 saturated heterocycles. The molecular weight excluding hydrogens is 364 g/mol. The lowest BCUT2D eigenvalue weighted by atomic mass is 10.1. The minimum Gasteiger partial charge on any atom is -0.363 e. The van der Waals surface area contributed by atoms with Gasteiger partial charge >= 0.3 is 0 Å². The van der Waals surface area contributed by atoms with E-state index in [9.17, 15) is 4.79 Å². The number of anilines is 1. The van der Waals surface area contributed by atoms with E-state index in [0.29, 0.717) is 6.54 Å². The molecule has 5 nitrogen and oxygen atoms in total. The van der Waals surface area contributed by atoms with Crippen LogP contribution in [0.4, 0.5) is 5.69 Å². The molecule has 144 valence electrons. The van der Waals surface area contributed by atoms with Gasteiger partial charge in [0.25, 0.3) is 0 Å². The Kier molecular flexibility index (Phi) is 8.68. The van der Waals surface area contributed by atoms with Crippen LogP contribution in [-0.4, -0.2) is 72.1 Å². The number of benzene rings is 1. The van der Waals surface area contributed by atoms with Gasteiger partial charge in [-0.2, -0.15) is 11.8 Å². The van der Waals surface area contributed by atoms with Gasteiger partial charge in [0.2, 0.25) is 5.91 Å². The fraction of sp³-hybridized carbons (Fsp3) is 0.579. The van der Waals surface area contributed by atoms with Crippen molar-refractivity contribution < 1.29 is 4.79 Å². The van der Waals surface area contributed by atoms with Crippen LogP contribution in [-0.2, 0) is 4.79 Å². The molecule has 7 heteroatoms. The fourth-order valence-electron chi connectivity index (χ4n) is 3.03. The van der Waals surface area contributed by atoms with Crippen LogP contribution in [0.15, 0.2) is 18.2 Å². The zero-order valence-electron chi connectivity index (χ0n) is 16.0. The molecule has 0 atom stereocenters. The second-order valence-electron chi connectivity index (χ2n) is 6.66. The van der Waals surface area contributed by atoms with Crippen molar-refractivity contribution in [2.24, 2.45) is 0 Å². The molecule has 26 heavy (non-hydrogen) atoms. The van der Waals surface area contributed by atoms with Crippen molar-refractivity contribution in [1.82, 2.24) is 15.1 Å². The number of thiocarbonyl (C=S) groups is 1. The topological polar surface area (TPSA) is 47.6 Å². The molecule has 0 bridgehead atoms. The normalized spacial score (nSPS) is 15.0. The number of carbonyl (C=O) groups is 1. The molecule has 0 saturated carbocycles. The molecule has 1 amide bonds. The number of nitrogens with zero attached hydrogens (tertiary/aromatic N) is 2. The molecule has 1 aliphatic heterocycles. The van der Waals surface area contributed by atoms with Crippen LogP contribution in [0, 0.1) is 13.8 Å².